The molecule has 1 aliphatic rings. The monoisotopic (exact) mass is 305 g/mol. The molecule has 19 heavy (non-hydrogen) atoms. The van der Waals surface area contributed by atoms with Crippen molar-refractivity contribution in [2.45, 2.75) is 4.90 Å². The Bertz CT molecular complexity index is 639. The molecule has 106 valence electrons. The van der Waals surface area contributed by atoms with Crippen LogP contribution in [0.1, 0.15) is 0 Å². The van der Waals surface area contributed by atoms with Crippen LogP contribution in [0.25, 0.3) is 0 Å². The Morgan fingerprint density at radius 1 is 1.11 bits per heavy atom. The summed E-state index contributed by atoms with van der Waals surface area (Å²) >= 11 is 0. The van der Waals surface area contributed by atoms with Crippen LogP contribution in [0, 0.1) is 0 Å². The summed E-state index contributed by atoms with van der Waals surface area (Å²) in [4.78, 5) is 0.130. The van der Waals surface area contributed by atoms with E-state index in [-0.39, 0.29) is 29.5 Å². The predicted octanol–water partition coefficient (Wildman–Crippen LogP) is -0.609. The lowest BCUT2D eigenvalue weighted by molar-refractivity contribution is 0.431. The molecule has 9 heteroatoms. The molecule has 0 saturated carbocycles. The van der Waals surface area contributed by atoms with E-state index in [4.69, 9.17) is 5.84 Å². The van der Waals surface area contributed by atoms with Crippen LogP contribution in [0.4, 0.5) is 5.69 Å². The number of hydrogen-bond acceptors (Lipinski definition) is 6. The number of sulfone groups is 1. The molecule has 0 aliphatic carbocycles. The van der Waals surface area contributed by atoms with Crippen LogP contribution >= 0.6 is 0 Å². The highest BCUT2D eigenvalue weighted by Gasteiger charge is 2.30. The first-order valence-electron chi connectivity index (χ1n) is 5.62. The van der Waals surface area contributed by atoms with Gasteiger partial charge in [0.1, 0.15) is 0 Å². The van der Waals surface area contributed by atoms with E-state index in [1.54, 1.807) is 12.1 Å². The van der Waals surface area contributed by atoms with E-state index in [2.05, 4.69) is 5.43 Å². The average molecular weight is 305 g/mol. The summed E-state index contributed by atoms with van der Waals surface area (Å²) in [5, 5.41) is 0. The minimum absolute atomic E-state index is 0.00154. The molecular weight excluding hydrogens is 290 g/mol. The van der Waals surface area contributed by atoms with E-state index in [1.165, 1.54) is 16.4 Å². The van der Waals surface area contributed by atoms with Crippen molar-refractivity contribution in [1.29, 1.82) is 0 Å². The number of benzene rings is 1. The second-order valence-electron chi connectivity index (χ2n) is 4.22. The lowest BCUT2D eigenvalue weighted by Crippen LogP contribution is -2.43. The van der Waals surface area contributed by atoms with E-state index in [0.717, 1.165) is 0 Å². The first-order chi connectivity index (χ1) is 8.85. The molecule has 0 atom stereocenters. The van der Waals surface area contributed by atoms with Crippen molar-refractivity contribution in [3.05, 3.63) is 24.3 Å². The van der Waals surface area contributed by atoms with Gasteiger partial charge in [0.05, 0.1) is 16.4 Å². The number of anilines is 1. The SMILES string of the molecule is NNc1ccc(S(=O)(=O)N2CCS(=O)(=O)CC2)cc1. The van der Waals surface area contributed by atoms with E-state index in [0.29, 0.717) is 5.69 Å². The van der Waals surface area contributed by atoms with Crippen LogP contribution in [-0.2, 0) is 19.9 Å². The number of nitrogens with one attached hydrogen (secondary N) is 1. The minimum atomic E-state index is -3.64. The third-order valence-electron chi connectivity index (χ3n) is 2.96. The van der Waals surface area contributed by atoms with Crippen molar-refractivity contribution < 1.29 is 16.8 Å². The highest BCUT2D eigenvalue weighted by Crippen LogP contribution is 2.19. The molecule has 0 unspecified atom stereocenters. The van der Waals surface area contributed by atoms with E-state index in [9.17, 15) is 16.8 Å². The summed E-state index contributed by atoms with van der Waals surface area (Å²) in [5.74, 6) is 4.94. The molecule has 1 aromatic carbocycles. The highest BCUT2D eigenvalue weighted by atomic mass is 32.2. The topological polar surface area (TPSA) is 110 Å². The molecule has 1 saturated heterocycles. The molecule has 7 nitrogen and oxygen atoms in total. The van der Waals surface area contributed by atoms with Gasteiger partial charge < -0.3 is 5.43 Å². The Hall–Kier alpha value is -1.16. The fraction of sp³-hybridized carbons (Fsp3) is 0.400. The molecule has 1 heterocycles. The van der Waals surface area contributed by atoms with Crippen molar-refractivity contribution in [2.24, 2.45) is 5.84 Å². The van der Waals surface area contributed by atoms with Crippen molar-refractivity contribution in [1.82, 2.24) is 4.31 Å². The highest BCUT2D eigenvalue weighted by molar-refractivity contribution is 7.92. The maximum absolute atomic E-state index is 12.3. The summed E-state index contributed by atoms with van der Waals surface area (Å²) in [5.41, 5.74) is 3.01. The van der Waals surface area contributed by atoms with Gasteiger partial charge in [-0.1, -0.05) is 0 Å². The number of rotatable bonds is 3. The zero-order chi connectivity index (χ0) is 14.1. The Kier molecular flexibility index (Phi) is 3.81. The number of sulfonamides is 1. The number of hydrazine groups is 1. The van der Waals surface area contributed by atoms with Crippen molar-refractivity contribution in [3.63, 3.8) is 0 Å². The second-order valence-corrected chi connectivity index (χ2v) is 8.47. The van der Waals surface area contributed by atoms with Gasteiger partial charge in [0.2, 0.25) is 10.0 Å². The summed E-state index contributed by atoms with van der Waals surface area (Å²) in [6.45, 7) is 0.00309. The third kappa shape index (κ3) is 3.06. The third-order valence-corrected chi connectivity index (χ3v) is 6.48. The van der Waals surface area contributed by atoms with Gasteiger partial charge in [-0.2, -0.15) is 4.31 Å². The average Bonchev–Trinajstić information content (AvgIpc) is 2.38. The van der Waals surface area contributed by atoms with Crippen LogP contribution in [0.2, 0.25) is 0 Å². The van der Waals surface area contributed by atoms with E-state index in [1.807, 2.05) is 0 Å². The molecule has 0 spiro atoms. The van der Waals surface area contributed by atoms with Gasteiger partial charge in [-0.15, -0.1) is 0 Å². The van der Waals surface area contributed by atoms with Crippen LogP contribution in [0.15, 0.2) is 29.2 Å². The Labute approximate surface area is 112 Å². The summed E-state index contributed by atoms with van der Waals surface area (Å²) in [6, 6.07) is 5.97. The number of nitrogens with two attached hydrogens (primary N) is 1. The molecule has 0 bridgehead atoms. The van der Waals surface area contributed by atoms with Gasteiger partial charge >= 0.3 is 0 Å². The predicted molar refractivity (Wildman–Crippen MR) is 71.7 cm³/mol. The standard InChI is InChI=1S/C10H15N3O4S2/c11-12-9-1-3-10(4-2-9)19(16,17)13-5-7-18(14,15)8-6-13/h1-4,12H,5-8,11H2. The lowest BCUT2D eigenvalue weighted by Gasteiger charge is -2.25. The van der Waals surface area contributed by atoms with Crippen molar-refractivity contribution in [2.75, 3.05) is 30.0 Å². The summed E-state index contributed by atoms with van der Waals surface area (Å²) < 4.78 is 48.3. The Balaban J connectivity index is 2.22. The van der Waals surface area contributed by atoms with Gasteiger partial charge in [-0.05, 0) is 24.3 Å². The zero-order valence-electron chi connectivity index (χ0n) is 10.1. The maximum atomic E-state index is 12.3. The van der Waals surface area contributed by atoms with E-state index < -0.39 is 19.9 Å². The van der Waals surface area contributed by atoms with E-state index >= 15 is 0 Å². The smallest absolute Gasteiger partial charge is 0.243 e. The lowest BCUT2D eigenvalue weighted by atomic mass is 10.3. The van der Waals surface area contributed by atoms with Crippen LogP contribution in [0.5, 0.6) is 0 Å². The molecule has 1 fully saturated rings. The minimum Gasteiger partial charge on any atom is -0.324 e. The molecular formula is C10H15N3O4S2. The number of nitrogen functional groups attached to an aromatic ring is 1. The quantitative estimate of drug-likeness (QED) is 0.569. The molecule has 0 amide bonds. The zero-order valence-corrected chi connectivity index (χ0v) is 11.7. The molecule has 3 N–H and O–H groups in total. The van der Waals surface area contributed by atoms with Gasteiger partial charge in [0, 0.05) is 18.8 Å². The summed E-state index contributed by atoms with van der Waals surface area (Å²) in [7, 11) is -6.74. The van der Waals surface area contributed by atoms with Gasteiger partial charge in [-0.25, -0.2) is 16.8 Å². The van der Waals surface area contributed by atoms with Crippen LogP contribution in [0.3, 0.4) is 0 Å². The van der Waals surface area contributed by atoms with Gasteiger partial charge in [0.15, 0.2) is 9.84 Å². The first-order valence-corrected chi connectivity index (χ1v) is 8.88. The fourth-order valence-corrected chi connectivity index (χ4v) is 4.68. The van der Waals surface area contributed by atoms with Gasteiger partial charge in [0.25, 0.3) is 0 Å². The largest absolute Gasteiger partial charge is 0.324 e. The van der Waals surface area contributed by atoms with Crippen molar-refractivity contribution in [3.8, 4) is 0 Å². The molecule has 1 aliphatic heterocycles. The molecule has 0 radical (unpaired) electrons. The fourth-order valence-electron chi connectivity index (χ4n) is 1.81. The maximum Gasteiger partial charge on any atom is 0.243 e. The number of hydrogen-bond donors (Lipinski definition) is 2. The Morgan fingerprint density at radius 3 is 2.11 bits per heavy atom. The molecule has 1 aromatic rings. The van der Waals surface area contributed by atoms with Crippen molar-refractivity contribution >= 4 is 25.5 Å². The first kappa shape index (κ1) is 14.3. The number of nitrogens with zero attached hydrogens (tertiary/aromatic N) is 1. The second kappa shape index (κ2) is 5.08. The Morgan fingerprint density at radius 2 is 1.63 bits per heavy atom. The van der Waals surface area contributed by atoms with Gasteiger partial charge in [-0.3, -0.25) is 5.84 Å². The molecule has 2 rings (SSSR count). The molecule has 0 aromatic heterocycles. The normalized spacial score (nSPS) is 20.1. The summed E-state index contributed by atoms with van der Waals surface area (Å²) in [6.07, 6.45) is 0. The van der Waals surface area contributed by atoms with Crippen LogP contribution in [-0.4, -0.2) is 45.7 Å². The van der Waals surface area contributed by atoms with Crippen LogP contribution < -0.4 is 11.3 Å².